The van der Waals surface area contributed by atoms with Gasteiger partial charge >= 0.3 is 5.69 Å². The number of carbonyl (C=O) groups is 1. The van der Waals surface area contributed by atoms with Gasteiger partial charge in [0, 0.05) is 24.8 Å². The molecule has 1 atom stereocenters. The van der Waals surface area contributed by atoms with Gasteiger partial charge in [0.2, 0.25) is 5.91 Å². The minimum Gasteiger partial charge on any atom is -0.383 e. The van der Waals surface area contributed by atoms with Crippen LogP contribution in [0.4, 0.5) is 17.2 Å². The van der Waals surface area contributed by atoms with Crippen LogP contribution in [0.15, 0.2) is 33.9 Å². The van der Waals surface area contributed by atoms with Crippen LogP contribution in [-0.4, -0.2) is 34.6 Å². The number of hydrogen-bond donors (Lipinski definition) is 2. The summed E-state index contributed by atoms with van der Waals surface area (Å²) in [6.07, 6.45) is 3.57. The highest BCUT2D eigenvalue weighted by molar-refractivity contribution is 5.98. The maximum Gasteiger partial charge on any atom is 0.330 e. The fourth-order valence-electron chi connectivity index (χ4n) is 4.07. The van der Waals surface area contributed by atoms with E-state index in [1.54, 1.807) is 6.92 Å². The summed E-state index contributed by atoms with van der Waals surface area (Å²) in [5.41, 5.74) is 7.36. The predicted octanol–water partition coefficient (Wildman–Crippen LogP) is 2.11. The molecular formula is C22H31N5O3. The molecular weight excluding hydrogens is 382 g/mol. The summed E-state index contributed by atoms with van der Waals surface area (Å²) in [5.74, 6) is -0.182. The highest BCUT2D eigenvalue weighted by atomic mass is 16.2. The zero-order valence-electron chi connectivity index (χ0n) is 18.0. The number of nitrogens with zero attached hydrogens (tertiary/aromatic N) is 3. The van der Waals surface area contributed by atoms with Crippen molar-refractivity contribution in [3.05, 3.63) is 50.7 Å². The number of nitrogen functional groups attached to an aromatic ring is 1. The van der Waals surface area contributed by atoms with Crippen molar-refractivity contribution in [1.82, 2.24) is 9.55 Å². The van der Waals surface area contributed by atoms with Crippen molar-refractivity contribution in [1.29, 1.82) is 0 Å². The molecule has 2 heterocycles. The number of fused-ring (bicyclic) bond motifs is 1. The molecule has 1 amide bonds. The van der Waals surface area contributed by atoms with E-state index in [1.165, 1.54) is 15.0 Å². The lowest BCUT2D eigenvalue weighted by atomic mass is 9.96. The molecule has 0 bridgehead atoms. The normalized spacial score (nSPS) is 15.7. The highest BCUT2D eigenvalue weighted by Gasteiger charge is 2.29. The van der Waals surface area contributed by atoms with Crippen molar-refractivity contribution in [2.75, 3.05) is 28.6 Å². The van der Waals surface area contributed by atoms with Gasteiger partial charge in [-0.2, -0.15) is 0 Å². The number of aryl methyl sites for hydroxylation is 1. The molecule has 1 aliphatic heterocycles. The first-order chi connectivity index (χ1) is 14.4. The number of unbranched alkanes of at least 4 members (excludes halogenated alkanes) is 1. The van der Waals surface area contributed by atoms with Gasteiger partial charge in [-0.05, 0) is 44.7 Å². The van der Waals surface area contributed by atoms with E-state index in [-0.39, 0.29) is 36.5 Å². The number of aromatic amines is 1. The van der Waals surface area contributed by atoms with Crippen LogP contribution >= 0.6 is 0 Å². The Bertz CT molecular complexity index is 1030. The van der Waals surface area contributed by atoms with Crippen LogP contribution in [0, 0.1) is 0 Å². The van der Waals surface area contributed by atoms with Crippen molar-refractivity contribution in [3.63, 3.8) is 0 Å². The number of hydrogen-bond acceptors (Lipinski definition) is 5. The topological polar surface area (TPSA) is 104 Å². The summed E-state index contributed by atoms with van der Waals surface area (Å²) in [6.45, 7) is 6.72. The van der Waals surface area contributed by atoms with Crippen LogP contribution in [-0.2, 0) is 17.8 Å². The van der Waals surface area contributed by atoms with Crippen molar-refractivity contribution < 1.29 is 4.79 Å². The third-order valence-corrected chi connectivity index (χ3v) is 5.81. The molecule has 1 aromatic carbocycles. The summed E-state index contributed by atoms with van der Waals surface area (Å²) in [7, 11) is 0. The van der Waals surface area contributed by atoms with Gasteiger partial charge in [-0.1, -0.05) is 31.5 Å². The van der Waals surface area contributed by atoms with Crippen LogP contribution in [0.25, 0.3) is 0 Å². The van der Waals surface area contributed by atoms with E-state index in [0.29, 0.717) is 6.54 Å². The van der Waals surface area contributed by atoms with Crippen LogP contribution in [0.3, 0.4) is 0 Å². The molecule has 1 aromatic heterocycles. The van der Waals surface area contributed by atoms with Crippen molar-refractivity contribution in [2.24, 2.45) is 0 Å². The van der Waals surface area contributed by atoms with Gasteiger partial charge in [0.05, 0.1) is 6.54 Å². The third-order valence-electron chi connectivity index (χ3n) is 5.81. The molecule has 0 saturated carbocycles. The summed E-state index contributed by atoms with van der Waals surface area (Å²) in [4.78, 5) is 43.9. The Balaban J connectivity index is 1.94. The number of nitrogens with one attached hydrogen (secondary N) is 1. The summed E-state index contributed by atoms with van der Waals surface area (Å²) in [6, 6.07) is 8.30. The van der Waals surface area contributed by atoms with Crippen LogP contribution in [0.1, 0.15) is 45.6 Å². The SMILES string of the molecule is CCCCn1c(N)c(N(CC)C(=O)CN2c3ccccc3CC[C@@H]2C)c(=O)[nH]c1=O. The number of carbonyl (C=O) groups excluding carboxylic acids is 1. The molecule has 0 unspecified atom stereocenters. The third kappa shape index (κ3) is 4.13. The second kappa shape index (κ2) is 9.19. The van der Waals surface area contributed by atoms with E-state index in [0.717, 1.165) is 31.4 Å². The minimum atomic E-state index is -0.632. The van der Waals surface area contributed by atoms with Gasteiger partial charge in [0.15, 0.2) is 5.69 Å². The lowest BCUT2D eigenvalue weighted by molar-refractivity contribution is -0.117. The lowest BCUT2D eigenvalue weighted by Crippen LogP contribution is -2.48. The van der Waals surface area contributed by atoms with Gasteiger partial charge in [-0.3, -0.25) is 19.1 Å². The van der Waals surface area contributed by atoms with E-state index in [4.69, 9.17) is 5.73 Å². The Morgan fingerprint density at radius 2 is 2.00 bits per heavy atom. The van der Waals surface area contributed by atoms with Gasteiger partial charge in [-0.15, -0.1) is 0 Å². The lowest BCUT2D eigenvalue weighted by Gasteiger charge is -2.37. The largest absolute Gasteiger partial charge is 0.383 e. The fourth-order valence-corrected chi connectivity index (χ4v) is 4.07. The molecule has 0 radical (unpaired) electrons. The van der Waals surface area contributed by atoms with E-state index >= 15 is 0 Å². The number of anilines is 3. The van der Waals surface area contributed by atoms with Gasteiger partial charge in [-0.25, -0.2) is 4.79 Å². The molecule has 162 valence electrons. The van der Waals surface area contributed by atoms with E-state index in [2.05, 4.69) is 22.9 Å². The highest BCUT2D eigenvalue weighted by Crippen LogP contribution is 2.30. The van der Waals surface area contributed by atoms with E-state index in [1.807, 2.05) is 25.1 Å². The van der Waals surface area contributed by atoms with Crippen LogP contribution < -0.4 is 26.8 Å². The molecule has 0 fully saturated rings. The molecule has 0 saturated heterocycles. The molecule has 8 nitrogen and oxygen atoms in total. The predicted molar refractivity (Wildman–Crippen MR) is 120 cm³/mol. The van der Waals surface area contributed by atoms with E-state index in [9.17, 15) is 14.4 Å². The summed E-state index contributed by atoms with van der Waals surface area (Å²) >= 11 is 0. The number of nitrogens with two attached hydrogens (primary N) is 1. The minimum absolute atomic E-state index is 0.0412. The summed E-state index contributed by atoms with van der Waals surface area (Å²) < 4.78 is 1.34. The molecule has 3 rings (SSSR count). The standard InChI is InChI=1S/C22H31N5O3/c1-4-6-13-26-20(23)19(21(29)24-22(26)30)25(5-2)18(28)14-27-15(3)11-12-16-9-7-8-10-17(16)27/h7-10,15H,4-6,11-14,23H2,1-3H3,(H,24,29,30)/t15-/m0/s1. The molecule has 8 heteroatoms. The molecule has 1 aliphatic rings. The maximum atomic E-state index is 13.3. The second-order valence-corrected chi connectivity index (χ2v) is 7.78. The first-order valence-corrected chi connectivity index (χ1v) is 10.7. The Morgan fingerprint density at radius 3 is 2.70 bits per heavy atom. The zero-order valence-corrected chi connectivity index (χ0v) is 18.0. The van der Waals surface area contributed by atoms with Crippen molar-refractivity contribution in [2.45, 2.75) is 59.0 Å². The number of benzene rings is 1. The average molecular weight is 414 g/mol. The van der Waals surface area contributed by atoms with Crippen LogP contribution in [0.2, 0.25) is 0 Å². The smallest absolute Gasteiger partial charge is 0.330 e. The zero-order chi connectivity index (χ0) is 21.8. The molecule has 0 aliphatic carbocycles. The number of aromatic nitrogens is 2. The average Bonchev–Trinajstić information content (AvgIpc) is 2.72. The molecule has 3 N–H and O–H groups in total. The Morgan fingerprint density at radius 1 is 1.27 bits per heavy atom. The first kappa shape index (κ1) is 21.7. The number of rotatable bonds is 7. The first-order valence-electron chi connectivity index (χ1n) is 10.7. The van der Waals surface area contributed by atoms with Gasteiger partial charge in [0.25, 0.3) is 5.56 Å². The van der Waals surface area contributed by atoms with Crippen molar-refractivity contribution in [3.8, 4) is 0 Å². The Hall–Kier alpha value is -3.03. The van der Waals surface area contributed by atoms with Crippen molar-refractivity contribution >= 4 is 23.1 Å². The quantitative estimate of drug-likeness (QED) is 0.723. The number of H-pyrrole nitrogens is 1. The van der Waals surface area contributed by atoms with Gasteiger partial charge < -0.3 is 15.5 Å². The second-order valence-electron chi connectivity index (χ2n) is 7.78. The number of amides is 1. The maximum absolute atomic E-state index is 13.3. The van der Waals surface area contributed by atoms with E-state index < -0.39 is 11.2 Å². The summed E-state index contributed by atoms with van der Waals surface area (Å²) in [5, 5.41) is 0. The molecule has 30 heavy (non-hydrogen) atoms. The molecule has 0 spiro atoms. The van der Waals surface area contributed by atoms with Gasteiger partial charge in [0.1, 0.15) is 5.82 Å². The number of para-hydroxylation sites is 1. The fraction of sp³-hybridized carbons (Fsp3) is 0.500. The Labute approximate surface area is 176 Å². The molecule has 2 aromatic rings. The number of likely N-dealkylation sites (N-methyl/N-ethyl adjacent to an activating group) is 1. The van der Waals surface area contributed by atoms with Crippen LogP contribution in [0.5, 0.6) is 0 Å². The monoisotopic (exact) mass is 413 g/mol. The Kier molecular flexibility index (Phi) is 6.64.